The van der Waals surface area contributed by atoms with Gasteiger partial charge in [-0.2, -0.15) is 0 Å². The molecule has 1 aliphatic rings. The van der Waals surface area contributed by atoms with Gasteiger partial charge < -0.3 is 5.32 Å². The van der Waals surface area contributed by atoms with Crippen molar-refractivity contribution in [1.82, 2.24) is 5.32 Å². The van der Waals surface area contributed by atoms with E-state index in [1.807, 2.05) is 18.2 Å². The molecule has 4 nitrogen and oxygen atoms in total. The van der Waals surface area contributed by atoms with Gasteiger partial charge in [-0.25, -0.2) is 8.42 Å². The third kappa shape index (κ3) is 3.85. The largest absolute Gasteiger partial charge is 0.349 e. The lowest BCUT2D eigenvalue weighted by atomic mass is 9.88. The zero-order valence-electron chi connectivity index (χ0n) is 13.4. The van der Waals surface area contributed by atoms with E-state index >= 15 is 0 Å². The summed E-state index contributed by atoms with van der Waals surface area (Å²) in [6, 6.07) is 16.4. The Morgan fingerprint density at radius 2 is 1.75 bits per heavy atom. The molecule has 1 aliphatic carbocycles. The van der Waals surface area contributed by atoms with Crippen molar-refractivity contribution < 1.29 is 13.2 Å². The van der Waals surface area contributed by atoms with E-state index in [2.05, 4.69) is 11.4 Å². The number of hydrogen-bond donors (Lipinski definition) is 1. The second kappa shape index (κ2) is 7.18. The van der Waals surface area contributed by atoms with Crippen LogP contribution in [0.4, 0.5) is 0 Å². The van der Waals surface area contributed by atoms with Crippen LogP contribution in [0.5, 0.6) is 0 Å². The summed E-state index contributed by atoms with van der Waals surface area (Å²) in [5.74, 6) is -0.381. The molecular formula is C19H21NO3S. The zero-order chi connectivity index (χ0) is 17.0. The Hall–Kier alpha value is -2.14. The zero-order valence-corrected chi connectivity index (χ0v) is 14.3. The van der Waals surface area contributed by atoms with E-state index in [-0.39, 0.29) is 29.0 Å². The van der Waals surface area contributed by atoms with Crippen molar-refractivity contribution in [3.8, 4) is 0 Å². The summed E-state index contributed by atoms with van der Waals surface area (Å²) in [5.41, 5.74) is 2.42. The number of carbonyl (C=O) groups excluding carboxylic acids is 1. The summed E-state index contributed by atoms with van der Waals surface area (Å²) in [7, 11) is -3.42. The fraction of sp³-hybridized carbons (Fsp3) is 0.316. The maximum absolute atomic E-state index is 12.2. The van der Waals surface area contributed by atoms with Gasteiger partial charge in [0.05, 0.1) is 16.7 Å². The molecule has 0 heterocycles. The molecule has 126 valence electrons. The van der Waals surface area contributed by atoms with Crippen molar-refractivity contribution in [1.29, 1.82) is 0 Å². The minimum atomic E-state index is -3.42. The first-order valence-corrected chi connectivity index (χ1v) is 9.86. The fourth-order valence-corrected chi connectivity index (χ4v) is 4.40. The molecule has 0 saturated heterocycles. The highest BCUT2D eigenvalue weighted by Gasteiger charge is 2.22. The third-order valence-corrected chi connectivity index (χ3v) is 6.14. The Kier molecular flexibility index (Phi) is 5.00. The van der Waals surface area contributed by atoms with Crippen LogP contribution in [0.15, 0.2) is 59.5 Å². The minimum absolute atomic E-state index is 0.0121. The molecule has 5 heteroatoms. The standard InChI is InChI=1S/C19H21NO3S/c21-19(13-14-24(22,23)16-9-2-1-3-10-16)20-18-12-6-8-15-7-4-5-11-17(15)18/h1-5,7,9-11,18H,6,8,12-14H2,(H,20,21)/t18-/m0/s1. The van der Waals surface area contributed by atoms with Crippen molar-refractivity contribution >= 4 is 15.7 Å². The summed E-state index contributed by atoms with van der Waals surface area (Å²) in [6.45, 7) is 0. The molecule has 2 aromatic carbocycles. The summed E-state index contributed by atoms with van der Waals surface area (Å²) in [6.07, 6.45) is 2.94. The number of aryl methyl sites for hydroxylation is 1. The van der Waals surface area contributed by atoms with Crippen LogP contribution in [0.25, 0.3) is 0 Å². The molecule has 3 rings (SSSR count). The Morgan fingerprint density at radius 1 is 1.04 bits per heavy atom. The molecule has 0 spiro atoms. The monoisotopic (exact) mass is 343 g/mol. The number of benzene rings is 2. The maximum Gasteiger partial charge on any atom is 0.221 e. The van der Waals surface area contributed by atoms with Crippen molar-refractivity contribution in [2.45, 2.75) is 36.6 Å². The number of hydrogen-bond acceptors (Lipinski definition) is 3. The average Bonchev–Trinajstić information content (AvgIpc) is 2.61. The molecule has 1 atom stereocenters. The highest BCUT2D eigenvalue weighted by molar-refractivity contribution is 7.91. The number of sulfone groups is 1. The first-order chi connectivity index (χ1) is 11.6. The van der Waals surface area contributed by atoms with Crippen molar-refractivity contribution in [2.75, 3.05) is 5.75 Å². The fourth-order valence-electron chi connectivity index (χ4n) is 3.14. The lowest BCUT2D eigenvalue weighted by Crippen LogP contribution is -2.32. The molecule has 0 bridgehead atoms. The topological polar surface area (TPSA) is 63.2 Å². The van der Waals surface area contributed by atoms with Crippen LogP contribution in [-0.2, 0) is 21.1 Å². The van der Waals surface area contributed by atoms with Crippen LogP contribution in [0.1, 0.15) is 36.4 Å². The van der Waals surface area contributed by atoms with E-state index in [0.29, 0.717) is 0 Å². The maximum atomic E-state index is 12.2. The van der Waals surface area contributed by atoms with Crippen molar-refractivity contribution in [2.24, 2.45) is 0 Å². The van der Waals surface area contributed by atoms with Crippen LogP contribution < -0.4 is 5.32 Å². The predicted octanol–water partition coefficient (Wildman–Crippen LogP) is 3.04. The summed E-state index contributed by atoms with van der Waals surface area (Å²) >= 11 is 0. The normalized spacial score (nSPS) is 17.1. The first-order valence-electron chi connectivity index (χ1n) is 8.21. The van der Waals surface area contributed by atoms with Crippen LogP contribution in [0.2, 0.25) is 0 Å². The van der Waals surface area contributed by atoms with E-state index in [9.17, 15) is 13.2 Å². The first kappa shape index (κ1) is 16.7. The number of nitrogens with one attached hydrogen (secondary N) is 1. The Balaban J connectivity index is 1.61. The minimum Gasteiger partial charge on any atom is -0.349 e. The molecule has 24 heavy (non-hydrogen) atoms. The van der Waals surface area contributed by atoms with E-state index in [0.717, 1.165) is 24.8 Å². The number of rotatable bonds is 5. The van der Waals surface area contributed by atoms with Crippen molar-refractivity contribution in [3.05, 3.63) is 65.7 Å². The van der Waals surface area contributed by atoms with Crippen LogP contribution in [0, 0.1) is 0 Å². The van der Waals surface area contributed by atoms with E-state index in [4.69, 9.17) is 0 Å². The van der Waals surface area contributed by atoms with E-state index in [1.54, 1.807) is 30.3 Å². The quantitative estimate of drug-likeness (QED) is 0.907. The van der Waals surface area contributed by atoms with Crippen LogP contribution >= 0.6 is 0 Å². The molecule has 1 amide bonds. The Morgan fingerprint density at radius 3 is 2.54 bits per heavy atom. The molecule has 0 aliphatic heterocycles. The van der Waals surface area contributed by atoms with Gasteiger partial charge in [0.25, 0.3) is 0 Å². The molecule has 0 radical (unpaired) electrons. The van der Waals surface area contributed by atoms with E-state index < -0.39 is 9.84 Å². The number of carbonyl (C=O) groups is 1. The molecule has 0 aromatic heterocycles. The van der Waals surface area contributed by atoms with Crippen molar-refractivity contribution in [3.63, 3.8) is 0 Å². The van der Waals surface area contributed by atoms with Gasteiger partial charge in [0.2, 0.25) is 5.91 Å². The van der Waals surface area contributed by atoms with Gasteiger partial charge in [-0.15, -0.1) is 0 Å². The average molecular weight is 343 g/mol. The van der Waals surface area contributed by atoms with Gasteiger partial charge in [-0.05, 0) is 42.5 Å². The lowest BCUT2D eigenvalue weighted by molar-refractivity contribution is -0.121. The summed E-state index contributed by atoms with van der Waals surface area (Å²) in [5, 5.41) is 3.00. The molecule has 0 saturated carbocycles. The van der Waals surface area contributed by atoms with E-state index in [1.165, 1.54) is 5.56 Å². The predicted molar refractivity (Wildman–Crippen MR) is 93.4 cm³/mol. The smallest absolute Gasteiger partial charge is 0.221 e. The summed E-state index contributed by atoms with van der Waals surface area (Å²) < 4.78 is 24.5. The lowest BCUT2D eigenvalue weighted by Gasteiger charge is -2.26. The molecule has 0 fully saturated rings. The molecule has 2 aromatic rings. The Bertz CT molecular complexity index is 816. The van der Waals surface area contributed by atoms with Gasteiger partial charge >= 0.3 is 0 Å². The van der Waals surface area contributed by atoms with Crippen LogP contribution in [-0.4, -0.2) is 20.1 Å². The SMILES string of the molecule is O=C(CCS(=O)(=O)c1ccccc1)N[C@H]1CCCc2ccccc21. The third-order valence-electron chi connectivity index (χ3n) is 4.40. The second-order valence-corrected chi connectivity index (χ2v) is 8.20. The molecular weight excluding hydrogens is 322 g/mol. The molecule has 0 unspecified atom stereocenters. The molecule has 1 N–H and O–H groups in total. The van der Waals surface area contributed by atoms with Gasteiger partial charge in [-0.1, -0.05) is 42.5 Å². The summed E-state index contributed by atoms with van der Waals surface area (Å²) in [4.78, 5) is 12.5. The highest BCUT2D eigenvalue weighted by Crippen LogP contribution is 2.29. The number of fused-ring (bicyclic) bond motifs is 1. The highest BCUT2D eigenvalue weighted by atomic mass is 32.2. The Labute approximate surface area is 142 Å². The van der Waals surface area contributed by atoms with Gasteiger partial charge in [0.15, 0.2) is 9.84 Å². The van der Waals surface area contributed by atoms with Gasteiger partial charge in [-0.3, -0.25) is 4.79 Å². The van der Waals surface area contributed by atoms with Crippen LogP contribution in [0.3, 0.4) is 0 Å². The second-order valence-electron chi connectivity index (χ2n) is 6.09. The van der Waals surface area contributed by atoms with Gasteiger partial charge in [0.1, 0.15) is 0 Å². The number of amides is 1. The van der Waals surface area contributed by atoms with Gasteiger partial charge in [0, 0.05) is 6.42 Å².